The Hall–Kier alpha value is 2.75. The zero-order valence-corrected chi connectivity index (χ0v) is 13.4. The summed E-state index contributed by atoms with van der Waals surface area (Å²) in [6, 6.07) is 0. The van der Waals surface area contributed by atoms with Gasteiger partial charge in [0.25, 0.3) is 0 Å². The third kappa shape index (κ3) is 8.83. The molecule has 0 saturated carbocycles. The Bertz CT molecular complexity index is 0. The summed E-state index contributed by atoms with van der Waals surface area (Å²) in [7, 11) is 0. The molecule has 0 rings (SSSR count). The van der Waals surface area contributed by atoms with Crippen LogP contribution >= 0.6 is 0 Å². The van der Waals surface area contributed by atoms with Crippen molar-refractivity contribution in [2.75, 3.05) is 0 Å². The first-order valence-electron chi connectivity index (χ1n) is 0. The monoisotopic (exact) mass is 736 g/mol. The standard InChI is InChI=1S/4W/q4*+2. The molecule has 0 aromatic carbocycles. The molecule has 0 spiro atoms. The third-order valence-corrected chi connectivity index (χ3v) is 0. The molecule has 4 heavy (non-hydrogen) atoms. The van der Waals surface area contributed by atoms with Gasteiger partial charge in [-0.15, -0.1) is 0 Å². The van der Waals surface area contributed by atoms with Gasteiger partial charge in [-0.25, -0.2) is 0 Å². The van der Waals surface area contributed by atoms with E-state index in [1.807, 2.05) is 0 Å². The molecule has 0 aliphatic carbocycles. The van der Waals surface area contributed by atoms with Gasteiger partial charge in [0.1, 0.15) is 0 Å². The fraction of sp³-hybridized carbons (Fsp3) is 0. The molecule has 0 aromatic rings. The number of hydrogen-bond donors (Lipinski definition) is 0. The molecular formula is W4+8. The molecule has 0 N–H and O–H groups in total. The van der Waals surface area contributed by atoms with Crippen LogP contribution in [0.5, 0.6) is 0 Å². The Morgan fingerprint density at radius 3 is 0.250 bits per heavy atom. The van der Waals surface area contributed by atoms with Crippen molar-refractivity contribution in [3.63, 3.8) is 0 Å². The minimum absolute atomic E-state index is 0. The molecule has 0 fully saturated rings. The summed E-state index contributed by atoms with van der Waals surface area (Å²) in [4.78, 5) is 0. The summed E-state index contributed by atoms with van der Waals surface area (Å²) in [6.07, 6.45) is 0. The zero-order chi connectivity index (χ0) is 0. The second-order valence-corrected chi connectivity index (χ2v) is 0. The van der Waals surface area contributed by atoms with Crippen LogP contribution in [0.1, 0.15) is 0 Å². The molecule has 0 saturated heterocycles. The van der Waals surface area contributed by atoms with Gasteiger partial charge in [0, 0.05) is 0 Å². The van der Waals surface area contributed by atoms with Gasteiger partial charge in [0.2, 0.25) is 0 Å². The van der Waals surface area contributed by atoms with Gasteiger partial charge in [-0.2, -0.15) is 0 Å². The van der Waals surface area contributed by atoms with Crippen molar-refractivity contribution in [2.24, 2.45) is 0 Å². The maximum atomic E-state index is 0. The fourth-order valence-electron chi connectivity index (χ4n) is 0. The Morgan fingerprint density at radius 2 is 0.250 bits per heavy atom. The van der Waals surface area contributed by atoms with Crippen LogP contribution in [0.2, 0.25) is 0 Å². The largest absolute Gasteiger partial charge is 2.00 e. The van der Waals surface area contributed by atoms with Crippen molar-refractivity contribution in [1.29, 1.82) is 0 Å². The Morgan fingerprint density at radius 1 is 0.250 bits per heavy atom. The van der Waals surface area contributed by atoms with E-state index >= 15 is 0 Å². The minimum atomic E-state index is 0. The first-order chi connectivity index (χ1) is 0. The summed E-state index contributed by atoms with van der Waals surface area (Å²) in [5.41, 5.74) is 0. The van der Waals surface area contributed by atoms with Crippen LogP contribution in [0, 0.1) is 0 Å². The van der Waals surface area contributed by atoms with Crippen LogP contribution in [0.4, 0.5) is 0 Å². The van der Waals surface area contributed by atoms with E-state index in [9.17, 15) is 0 Å². The molecule has 0 aromatic heterocycles. The topological polar surface area (TPSA) is 0 Å². The molecule has 16 valence electrons. The summed E-state index contributed by atoms with van der Waals surface area (Å²) >= 11 is 0. The predicted octanol–water partition coefficient (Wildman–Crippen LogP) is -0.0100. The van der Waals surface area contributed by atoms with Crippen LogP contribution in [-0.4, -0.2) is 0 Å². The molecule has 0 amide bonds. The van der Waals surface area contributed by atoms with E-state index in [1.165, 1.54) is 0 Å². The molecule has 0 radical (unpaired) electrons. The summed E-state index contributed by atoms with van der Waals surface area (Å²) < 4.78 is 0. The smallest absolute Gasteiger partial charge is 2.00 e. The van der Waals surface area contributed by atoms with E-state index < -0.39 is 0 Å². The quantitative estimate of drug-likeness (QED) is 0.329. The van der Waals surface area contributed by atoms with Crippen molar-refractivity contribution in [1.82, 2.24) is 0 Å². The molecule has 0 aliphatic heterocycles. The molecular weight excluding hydrogens is 735 g/mol. The third-order valence-electron chi connectivity index (χ3n) is 0. The van der Waals surface area contributed by atoms with Crippen molar-refractivity contribution in [2.45, 2.75) is 0 Å². The number of rotatable bonds is 0. The summed E-state index contributed by atoms with van der Waals surface area (Å²) in [5.74, 6) is 0. The first kappa shape index (κ1) is 29.5. The van der Waals surface area contributed by atoms with E-state index in [2.05, 4.69) is 0 Å². The average molecular weight is 735 g/mol. The minimum Gasteiger partial charge on any atom is 2.00 e. The van der Waals surface area contributed by atoms with Crippen LogP contribution in [0.3, 0.4) is 0 Å². The summed E-state index contributed by atoms with van der Waals surface area (Å²) in [5, 5.41) is 0. The SMILES string of the molecule is [W+2].[W+2].[W+2].[W+2]. The molecule has 4 heteroatoms. The van der Waals surface area contributed by atoms with Crippen molar-refractivity contribution in [3.8, 4) is 0 Å². The van der Waals surface area contributed by atoms with E-state index in [4.69, 9.17) is 0 Å². The molecule has 0 aliphatic rings. The average Bonchev–Trinajstić information content (AvgIpc) is 0. The van der Waals surface area contributed by atoms with Gasteiger partial charge in [-0.1, -0.05) is 0 Å². The van der Waals surface area contributed by atoms with Crippen molar-refractivity contribution < 1.29 is 84.3 Å². The molecule has 0 unspecified atom stereocenters. The van der Waals surface area contributed by atoms with E-state index in [0.29, 0.717) is 0 Å². The zero-order valence-electron chi connectivity index (χ0n) is 1.63. The fourth-order valence-corrected chi connectivity index (χ4v) is 0. The number of hydrogen-bond acceptors (Lipinski definition) is 0. The van der Waals surface area contributed by atoms with Crippen LogP contribution < -0.4 is 0 Å². The molecule has 0 atom stereocenters. The second kappa shape index (κ2) is 17.1. The van der Waals surface area contributed by atoms with E-state index in [-0.39, 0.29) is 84.3 Å². The second-order valence-electron chi connectivity index (χ2n) is 0. The van der Waals surface area contributed by atoms with Crippen LogP contribution in [0.15, 0.2) is 0 Å². The maximum absolute atomic E-state index is 0. The van der Waals surface area contributed by atoms with Gasteiger partial charge in [-0.05, 0) is 0 Å². The van der Waals surface area contributed by atoms with Crippen molar-refractivity contribution in [3.05, 3.63) is 0 Å². The first-order valence-corrected chi connectivity index (χ1v) is 0. The molecule has 0 heterocycles. The van der Waals surface area contributed by atoms with Crippen LogP contribution in [-0.2, 0) is 84.3 Å². The Balaban J connectivity index is 0. The van der Waals surface area contributed by atoms with E-state index in [1.54, 1.807) is 0 Å². The van der Waals surface area contributed by atoms with Crippen molar-refractivity contribution >= 4 is 0 Å². The normalized spacial score (nSPS) is 0. The molecule has 0 bridgehead atoms. The Kier molecular flexibility index (Phi) is 126. The van der Waals surface area contributed by atoms with Crippen LogP contribution in [0.25, 0.3) is 0 Å². The summed E-state index contributed by atoms with van der Waals surface area (Å²) in [6.45, 7) is 0. The van der Waals surface area contributed by atoms with Gasteiger partial charge < -0.3 is 0 Å². The van der Waals surface area contributed by atoms with Gasteiger partial charge in [-0.3, -0.25) is 0 Å². The van der Waals surface area contributed by atoms with Gasteiger partial charge in [0.15, 0.2) is 0 Å². The van der Waals surface area contributed by atoms with Gasteiger partial charge in [0.05, 0.1) is 0 Å². The van der Waals surface area contributed by atoms with Gasteiger partial charge >= 0.3 is 84.3 Å². The maximum Gasteiger partial charge on any atom is 2.00 e. The van der Waals surface area contributed by atoms with E-state index in [0.717, 1.165) is 0 Å². The predicted molar refractivity (Wildman–Crippen MR) is 0 cm³/mol. The molecule has 0 nitrogen and oxygen atoms in total. The Labute approximate surface area is 82.9 Å².